The fourth-order valence-electron chi connectivity index (χ4n) is 4.30. The molecule has 0 bridgehead atoms. The molecular weight excluding hydrogens is 414 g/mol. The van der Waals surface area contributed by atoms with E-state index >= 15 is 0 Å². The van der Waals surface area contributed by atoms with Gasteiger partial charge in [0.15, 0.2) is 5.60 Å². The number of aromatic nitrogens is 1. The number of hydrogen-bond acceptors (Lipinski definition) is 4. The summed E-state index contributed by atoms with van der Waals surface area (Å²) in [7, 11) is 3.43. The van der Waals surface area contributed by atoms with Crippen LogP contribution >= 0.6 is 0 Å². The van der Waals surface area contributed by atoms with Gasteiger partial charge in [-0.25, -0.2) is 0 Å². The van der Waals surface area contributed by atoms with Gasteiger partial charge in [0.25, 0.3) is 11.8 Å². The Hall–Kier alpha value is -3.51. The van der Waals surface area contributed by atoms with Gasteiger partial charge < -0.3 is 14.5 Å². The van der Waals surface area contributed by atoms with E-state index in [-0.39, 0.29) is 18.4 Å². The summed E-state index contributed by atoms with van der Waals surface area (Å²) >= 11 is 0. The van der Waals surface area contributed by atoms with Gasteiger partial charge >= 0.3 is 0 Å². The molecule has 6 heteroatoms. The maximum Gasteiger partial charge on any atom is 0.272 e. The van der Waals surface area contributed by atoms with E-state index in [1.165, 1.54) is 10.5 Å². The molecule has 2 heterocycles. The van der Waals surface area contributed by atoms with E-state index < -0.39 is 5.60 Å². The second-order valence-electron chi connectivity index (χ2n) is 8.73. The molecule has 0 spiro atoms. The molecule has 170 valence electrons. The van der Waals surface area contributed by atoms with Crippen LogP contribution in [0.5, 0.6) is 0 Å². The first-order chi connectivity index (χ1) is 15.9. The third-order valence-corrected chi connectivity index (χ3v) is 5.95. The molecule has 2 amide bonds. The minimum absolute atomic E-state index is 0.149. The third-order valence-electron chi connectivity index (χ3n) is 5.95. The predicted molar refractivity (Wildman–Crippen MR) is 128 cm³/mol. The normalized spacial score (nSPS) is 18.1. The topological polar surface area (TPSA) is 62.7 Å². The summed E-state index contributed by atoms with van der Waals surface area (Å²) in [6, 6.07) is 21.8. The van der Waals surface area contributed by atoms with Crippen molar-refractivity contribution in [1.82, 2.24) is 14.8 Å². The second kappa shape index (κ2) is 9.55. The molecule has 1 atom stereocenters. The van der Waals surface area contributed by atoms with Crippen LogP contribution in [0.15, 0.2) is 72.9 Å². The number of benzene rings is 2. The summed E-state index contributed by atoms with van der Waals surface area (Å²) in [6.07, 6.45) is 1.98. The van der Waals surface area contributed by atoms with Crippen molar-refractivity contribution in [3.63, 3.8) is 0 Å². The first-order valence-corrected chi connectivity index (χ1v) is 11.1. The van der Waals surface area contributed by atoms with Crippen molar-refractivity contribution in [3.8, 4) is 11.1 Å². The van der Waals surface area contributed by atoms with Crippen LogP contribution in [0.4, 0.5) is 0 Å². The van der Waals surface area contributed by atoms with Crippen LogP contribution in [0.2, 0.25) is 0 Å². The molecule has 1 saturated heterocycles. The highest BCUT2D eigenvalue weighted by atomic mass is 16.5. The molecule has 2 aromatic carbocycles. The van der Waals surface area contributed by atoms with Crippen LogP contribution in [0.3, 0.4) is 0 Å². The molecule has 0 radical (unpaired) electrons. The molecule has 0 N–H and O–H groups in total. The molecule has 4 rings (SSSR count). The quantitative estimate of drug-likeness (QED) is 0.605. The molecule has 33 heavy (non-hydrogen) atoms. The number of rotatable bonds is 5. The van der Waals surface area contributed by atoms with Gasteiger partial charge in [-0.05, 0) is 35.7 Å². The Labute approximate surface area is 194 Å². The maximum atomic E-state index is 13.3. The zero-order valence-corrected chi connectivity index (χ0v) is 19.3. The van der Waals surface area contributed by atoms with Gasteiger partial charge in [-0.15, -0.1) is 0 Å². The predicted octanol–water partition coefficient (Wildman–Crippen LogP) is 3.60. The Bertz CT molecular complexity index is 1130. The highest BCUT2D eigenvalue weighted by Crippen LogP contribution is 2.28. The summed E-state index contributed by atoms with van der Waals surface area (Å²) in [5.41, 5.74) is 3.69. The van der Waals surface area contributed by atoms with Crippen LogP contribution in [0.1, 0.15) is 21.6 Å². The van der Waals surface area contributed by atoms with Crippen molar-refractivity contribution in [1.29, 1.82) is 0 Å². The van der Waals surface area contributed by atoms with Crippen molar-refractivity contribution in [2.24, 2.45) is 0 Å². The molecule has 1 fully saturated rings. The minimum atomic E-state index is -1.14. The molecule has 1 aromatic heterocycles. The van der Waals surface area contributed by atoms with Gasteiger partial charge in [0.1, 0.15) is 5.69 Å². The molecule has 6 nitrogen and oxygen atoms in total. The number of carbonyl (C=O) groups is 2. The van der Waals surface area contributed by atoms with Gasteiger partial charge in [0.2, 0.25) is 0 Å². The molecule has 0 saturated carbocycles. The summed E-state index contributed by atoms with van der Waals surface area (Å²) < 4.78 is 6.13. The van der Waals surface area contributed by atoms with E-state index in [0.29, 0.717) is 25.3 Å². The Balaban J connectivity index is 1.59. The molecule has 1 aliphatic rings. The molecule has 1 aliphatic heterocycles. The Morgan fingerprint density at radius 2 is 1.82 bits per heavy atom. The first-order valence-electron chi connectivity index (χ1n) is 11.1. The lowest BCUT2D eigenvalue weighted by molar-refractivity contribution is -0.165. The number of hydrogen-bond donors (Lipinski definition) is 0. The van der Waals surface area contributed by atoms with E-state index in [4.69, 9.17) is 4.74 Å². The van der Waals surface area contributed by atoms with Crippen molar-refractivity contribution in [3.05, 3.63) is 89.7 Å². The summed E-state index contributed by atoms with van der Waals surface area (Å²) in [4.78, 5) is 33.7. The monoisotopic (exact) mass is 443 g/mol. The van der Waals surface area contributed by atoms with E-state index in [1.54, 1.807) is 43.4 Å². The Morgan fingerprint density at radius 1 is 1.03 bits per heavy atom. The molecule has 3 aromatic rings. The average molecular weight is 444 g/mol. The third kappa shape index (κ3) is 4.96. The lowest BCUT2D eigenvalue weighted by Gasteiger charge is -2.42. The second-order valence-corrected chi connectivity index (χ2v) is 8.73. The van der Waals surface area contributed by atoms with Gasteiger partial charge in [0, 0.05) is 33.3 Å². The minimum Gasteiger partial charge on any atom is -0.361 e. The number of morpholine rings is 1. The number of pyridine rings is 1. The highest BCUT2D eigenvalue weighted by molar-refractivity contribution is 5.93. The lowest BCUT2D eigenvalue weighted by Crippen LogP contribution is -2.61. The standard InChI is InChI=1S/C27H29N3O3/c1-20-7-6-8-23(17-20)22-12-10-21(11-13-22)18-27(26(32)29(2)3)19-30(15-16-33-27)25(31)24-9-4-5-14-28-24/h4-14,17H,15-16,18-19H2,1-3H3/t27-/m1/s1. The van der Waals surface area contributed by atoms with Crippen molar-refractivity contribution < 1.29 is 14.3 Å². The van der Waals surface area contributed by atoms with Crippen molar-refractivity contribution >= 4 is 11.8 Å². The number of nitrogens with zero attached hydrogens (tertiary/aromatic N) is 3. The summed E-state index contributed by atoms with van der Waals surface area (Å²) in [5, 5.41) is 0. The van der Waals surface area contributed by atoms with Gasteiger partial charge in [-0.3, -0.25) is 14.6 Å². The molecular formula is C27H29N3O3. The number of ether oxygens (including phenoxy) is 1. The lowest BCUT2D eigenvalue weighted by atomic mass is 9.89. The molecule has 0 aliphatic carbocycles. The Kier molecular flexibility index (Phi) is 6.56. The van der Waals surface area contributed by atoms with Crippen LogP contribution in [0, 0.1) is 6.92 Å². The van der Waals surface area contributed by atoms with E-state index in [0.717, 1.165) is 16.7 Å². The summed E-state index contributed by atoms with van der Waals surface area (Å²) in [5.74, 6) is -0.339. The van der Waals surface area contributed by atoms with Gasteiger partial charge in [-0.2, -0.15) is 0 Å². The van der Waals surface area contributed by atoms with Crippen LogP contribution in [-0.4, -0.2) is 66.0 Å². The van der Waals surface area contributed by atoms with Crippen molar-refractivity contribution in [2.75, 3.05) is 33.8 Å². The van der Waals surface area contributed by atoms with E-state index in [2.05, 4.69) is 42.2 Å². The van der Waals surface area contributed by atoms with E-state index in [9.17, 15) is 9.59 Å². The van der Waals surface area contributed by atoms with Crippen LogP contribution < -0.4 is 0 Å². The van der Waals surface area contributed by atoms with Gasteiger partial charge in [-0.1, -0.05) is 60.2 Å². The van der Waals surface area contributed by atoms with Crippen molar-refractivity contribution in [2.45, 2.75) is 18.9 Å². The van der Waals surface area contributed by atoms with Gasteiger partial charge in [0.05, 0.1) is 13.2 Å². The highest BCUT2D eigenvalue weighted by Gasteiger charge is 2.46. The number of aryl methyl sites for hydroxylation is 1. The zero-order valence-electron chi connectivity index (χ0n) is 19.3. The number of amides is 2. The smallest absolute Gasteiger partial charge is 0.272 e. The number of carbonyl (C=O) groups excluding carboxylic acids is 2. The SMILES string of the molecule is Cc1cccc(-c2ccc(C[C@]3(C(=O)N(C)C)CN(C(=O)c4ccccn4)CCO3)cc2)c1. The average Bonchev–Trinajstić information content (AvgIpc) is 2.84. The first kappa shape index (κ1) is 22.7. The largest absolute Gasteiger partial charge is 0.361 e. The number of likely N-dealkylation sites (N-methyl/N-ethyl adjacent to an activating group) is 1. The fraction of sp³-hybridized carbons (Fsp3) is 0.296. The fourth-order valence-corrected chi connectivity index (χ4v) is 4.30. The summed E-state index contributed by atoms with van der Waals surface area (Å²) in [6.45, 7) is 2.97. The Morgan fingerprint density at radius 3 is 2.48 bits per heavy atom. The zero-order chi connectivity index (χ0) is 23.4. The maximum absolute atomic E-state index is 13.3. The molecule has 0 unspecified atom stereocenters. The van der Waals surface area contributed by atoms with Crippen LogP contribution in [-0.2, 0) is 16.0 Å². The van der Waals surface area contributed by atoms with Crippen LogP contribution in [0.25, 0.3) is 11.1 Å². The van der Waals surface area contributed by atoms with E-state index in [1.807, 2.05) is 18.2 Å².